The second-order valence-corrected chi connectivity index (χ2v) is 6.39. The molecule has 0 saturated heterocycles. The fourth-order valence-corrected chi connectivity index (χ4v) is 3.52. The minimum absolute atomic E-state index is 0.381. The second kappa shape index (κ2) is 14.0. The van der Waals surface area contributed by atoms with E-state index in [2.05, 4.69) is 26.3 Å². The highest BCUT2D eigenvalue weighted by Crippen LogP contribution is 2.42. The highest BCUT2D eigenvalue weighted by Gasteiger charge is 2.43. The zero-order chi connectivity index (χ0) is 18.3. The third-order valence-electron chi connectivity index (χ3n) is 4.59. The third-order valence-corrected chi connectivity index (χ3v) is 4.59. The quantitative estimate of drug-likeness (QED) is 0.314. The van der Waals surface area contributed by atoms with Gasteiger partial charge in [0, 0.05) is 0 Å². The van der Waals surface area contributed by atoms with Crippen LogP contribution in [-0.2, 0) is 18.9 Å². The summed E-state index contributed by atoms with van der Waals surface area (Å²) < 4.78 is 23.1. The van der Waals surface area contributed by atoms with Gasteiger partial charge >= 0.3 is 0 Å². The lowest BCUT2D eigenvalue weighted by Gasteiger charge is -2.26. The Bertz CT molecular complexity index is 357. The van der Waals surface area contributed by atoms with Crippen LogP contribution in [0.4, 0.5) is 0 Å². The molecule has 4 unspecified atom stereocenters. The summed E-state index contributed by atoms with van der Waals surface area (Å²) in [5, 5.41) is 0. The van der Waals surface area contributed by atoms with E-state index in [1.807, 2.05) is 0 Å². The van der Waals surface area contributed by atoms with Crippen LogP contribution >= 0.6 is 0 Å². The molecular formula is C21H34O4. The van der Waals surface area contributed by atoms with Gasteiger partial charge in [0.25, 0.3) is 0 Å². The number of hydrogen-bond donors (Lipinski definition) is 0. The molecule has 0 spiro atoms. The summed E-state index contributed by atoms with van der Waals surface area (Å²) in [6.07, 6.45) is 8.19. The molecule has 0 bridgehead atoms. The monoisotopic (exact) mass is 350 g/mol. The van der Waals surface area contributed by atoms with E-state index in [-0.39, 0.29) is 0 Å². The molecule has 0 heterocycles. The highest BCUT2D eigenvalue weighted by molar-refractivity contribution is 4.91. The molecular weight excluding hydrogens is 316 g/mol. The summed E-state index contributed by atoms with van der Waals surface area (Å²) in [5.74, 6) is 1.62. The maximum Gasteiger partial charge on any atom is 0.0644 e. The molecule has 1 saturated carbocycles. The van der Waals surface area contributed by atoms with Gasteiger partial charge in [0.15, 0.2) is 0 Å². The van der Waals surface area contributed by atoms with Crippen molar-refractivity contribution in [3.8, 4) is 0 Å². The molecule has 0 N–H and O–H groups in total. The van der Waals surface area contributed by atoms with Crippen molar-refractivity contribution in [2.75, 3.05) is 52.9 Å². The minimum atomic E-state index is 0.381. The van der Waals surface area contributed by atoms with E-state index in [4.69, 9.17) is 18.9 Å². The summed E-state index contributed by atoms with van der Waals surface area (Å²) in [5.41, 5.74) is 0. The van der Waals surface area contributed by atoms with Gasteiger partial charge in [-0.15, -0.1) is 26.3 Å². The van der Waals surface area contributed by atoms with Crippen molar-refractivity contribution in [2.45, 2.75) is 6.42 Å². The van der Waals surface area contributed by atoms with Crippen LogP contribution in [0.2, 0.25) is 0 Å². The topological polar surface area (TPSA) is 36.9 Å². The van der Waals surface area contributed by atoms with Gasteiger partial charge in [-0.2, -0.15) is 0 Å². The minimum Gasteiger partial charge on any atom is -0.377 e. The fraction of sp³-hybridized carbons (Fsp3) is 0.619. The molecule has 0 aliphatic heterocycles. The molecule has 4 nitrogen and oxygen atoms in total. The molecule has 1 fully saturated rings. The average molecular weight is 350 g/mol. The first-order valence-electron chi connectivity index (χ1n) is 9.02. The van der Waals surface area contributed by atoms with Crippen molar-refractivity contribution in [3.63, 3.8) is 0 Å². The Balaban J connectivity index is 2.74. The molecule has 1 aliphatic carbocycles. The van der Waals surface area contributed by atoms with Crippen molar-refractivity contribution < 1.29 is 18.9 Å². The Kier molecular flexibility index (Phi) is 12.2. The van der Waals surface area contributed by atoms with Crippen molar-refractivity contribution in [1.82, 2.24) is 0 Å². The molecule has 142 valence electrons. The van der Waals surface area contributed by atoms with Gasteiger partial charge in [-0.1, -0.05) is 24.3 Å². The molecule has 4 atom stereocenters. The molecule has 0 radical (unpaired) electrons. The zero-order valence-corrected chi connectivity index (χ0v) is 15.4. The van der Waals surface area contributed by atoms with Gasteiger partial charge in [-0.3, -0.25) is 0 Å². The maximum absolute atomic E-state index is 5.79. The Morgan fingerprint density at radius 1 is 0.560 bits per heavy atom. The van der Waals surface area contributed by atoms with E-state index in [1.165, 1.54) is 0 Å². The average Bonchev–Trinajstić information content (AvgIpc) is 2.93. The fourth-order valence-electron chi connectivity index (χ4n) is 3.52. The van der Waals surface area contributed by atoms with E-state index in [0.717, 1.165) is 6.42 Å². The number of ether oxygens (including phenoxy) is 4. The molecule has 0 aromatic rings. The lowest BCUT2D eigenvalue weighted by molar-refractivity contribution is 0.0108. The lowest BCUT2D eigenvalue weighted by atomic mass is 9.88. The SMILES string of the molecule is C=CCOCC1CC(COCC=C)C(COCC=C)C1COCC=C. The van der Waals surface area contributed by atoms with Crippen molar-refractivity contribution in [2.24, 2.45) is 23.7 Å². The first-order chi connectivity index (χ1) is 12.3. The largest absolute Gasteiger partial charge is 0.377 e. The molecule has 0 amide bonds. The van der Waals surface area contributed by atoms with Crippen molar-refractivity contribution in [1.29, 1.82) is 0 Å². The Morgan fingerprint density at radius 2 is 0.880 bits per heavy atom. The molecule has 1 rings (SSSR count). The smallest absolute Gasteiger partial charge is 0.0644 e. The van der Waals surface area contributed by atoms with E-state index >= 15 is 0 Å². The predicted molar refractivity (Wildman–Crippen MR) is 103 cm³/mol. The Hall–Kier alpha value is -1.20. The van der Waals surface area contributed by atoms with Crippen LogP contribution in [0.3, 0.4) is 0 Å². The van der Waals surface area contributed by atoms with Gasteiger partial charge in [0.1, 0.15) is 0 Å². The summed E-state index contributed by atoms with van der Waals surface area (Å²) in [6, 6.07) is 0. The van der Waals surface area contributed by atoms with Crippen LogP contribution in [0, 0.1) is 23.7 Å². The Morgan fingerprint density at radius 3 is 1.20 bits per heavy atom. The highest BCUT2D eigenvalue weighted by atomic mass is 16.5. The number of hydrogen-bond acceptors (Lipinski definition) is 4. The van der Waals surface area contributed by atoms with Gasteiger partial charge in [-0.25, -0.2) is 0 Å². The molecule has 4 heteroatoms. The normalized spacial score (nSPS) is 25.6. The maximum atomic E-state index is 5.79. The third kappa shape index (κ3) is 8.15. The molecule has 0 aromatic heterocycles. The lowest BCUT2D eigenvalue weighted by Crippen LogP contribution is -2.29. The summed E-state index contributed by atoms with van der Waals surface area (Å²) in [4.78, 5) is 0. The first-order valence-corrected chi connectivity index (χ1v) is 9.02. The van der Waals surface area contributed by atoms with E-state index < -0.39 is 0 Å². The molecule has 0 aromatic carbocycles. The first kappa shape index (κ1) is 21.8. The second-order valence-electron chi connectivity index (χ2n) is 6.39. The predicted octanol–water partition coefficient (Wildman–Crippen LogP) is 3.67. The standard InChI is InChI=1S/C21H34O4/c1-5-9-22-14-18-13-19(15-23-10-6-2)21(17-25-12-8-4)20(18)16-24-11-7-3/h5-8,18-21H,1-4,9-17H2. The van der Waals surface area contributed by atoms with E-state index in [9.17, 15) is 0 Å². The van der Waals surface area contributed by atoms with E-state index in [1.54, 1.807) is 24.3 Å². The summed E-state index contributed by atoms with van der Waals surface area (Å²) in [6.45, 7) is 20.0. The van der Waals surface area contributed by atoms with Crippen LogP contribution in [0.1, 0.15) is 6.42 Å². The van der Waals surface area contributed by atoms with Gasteiger partial charge in [0.2, 0.25) is 0 Å². The van der Waals surface area contributed by atoms with Gasteiger partial charge < -0.3 is 18.9 Å². The zero-order valence-electron chi connectivity index (χ0n) is 15.4. The van der Waals surface area contributed by atoms with Crippen LogP contribution in [0.5, 0.6) is 0 Å². The van der Waals surface area contributed by atoms with Crippen molar-refractivity contribution in [3.05, 3.63) is 50.6 Å². The Labute approximate surface area is 153 Å². The van der Waals surface area contributed by atoms with Gasteiger partial charge in [-0.05, 0) is 30.1 Å². The van der Waals surface area contributed by atoms with Crippen LogP contribution in [-0.4, -0.2) is 52.9 Å². The molecule has 25 heavy (non-hydrogen) atoms. The van der Waals surface area contributed by atoms with Crippen LogP contribution in [0.15, 0.2) is 50.6 Å². The summed E-state index contributed by atoms with van der Waals surface area (Å²) in [7, 11) is 0. The van der Waals surface area contributed by atoms with Crippen molar-refractivity contribution >= 4 is 0 Å². The van der Waals surface area contributed by atoms with Crippen LogP contribution in [0.25, 0.3) is 0 Å². The molecule has 1 aliphatic rings. The van der Waals surface area contributed by atoms with Gasteiger partial charge in [0.05, 0.1) is 52.9 Å². The van der Waals surface area contributed by atoms with E-state index in [0.29, 0.717) is 76.5 Å². The number of rotatable bonds is 16. The summed E-state index contributed by atoms with van der Waals surface area (Å²) >= 11 is 0. The van der Waals surface area contributed by atoms with Crippen LogP contribution < -0.4 is 0 Å².